The number of rotatable bonds is 5. The molecule has 0 fully saturated rings. The van der Waals surface area contributed by atoms with Crippen molar-refractivity contribution in [2.75, 3.05) is 13.2 Å². The van der Waals surface area contributed by atoms with E-state index in [1.165, 1.54) is 0 Å². The Morgan fingerprint density at radius 2 is 2.25 bits per heavy atom. The minimum absolute atomic E-state index is 0.0176. The van der Waals surface area contributed by atoms with E-state index >= 15 is 0 Å². The van der Waals surface area contributed by atoms with Gasteiger partial charge in [0.25, 0.3) is 0 Å². The molecule has 0 saturated carbocycles. The summed E-state index contributed by atoms with van der Waals surface area (Å²) in [7, 11) is 0. The van der Waals surface area contributed by atoms with Crippen molar-refractivity contribution in [3.63, 3.8) is 0 Å². The average Bonchev–Trinajstić information content (AvgIpc) is 2.24. The fourth-order valence-corrected chi connectivity index (χ4v) is 1.52. The number of ether oxygens (including phenoxy) is 1. The van der Waals surface area contributed by atoms with Gasteiger partial charge in [-0.05, 0) is 6.07 Å². The van der Waals surface area contributed by atoms with Crippen LogP contribution in [0.3, 0.4) is 0 Å². The summed E-state index contributed by atoms with van der Waals surface area (Å²) >= 11 is 5.93. The molecule has 1 rings (SSSR count). The number of benzene rings is 1. The zero-order valence-electron chi connectivity index (χ0n) is 8.43. The molecule has 84 valence electrons. The van der Waals surface area contributed by atoms with Crippen LogP contribution in [0.1, 0.15) is 11.7 Å². The highest BCUT2D eigenvalue weighted by molar-refractivity contribution is 6.31. The van der Waals surface area contributed by atoms with Gasteiger partial charge in [-0.15, -0.1) is 6.42 Å². The fraction of sp³-hybridized carbons (Fsp3) is 0.273. The first kappa shape index (κ1) is 12.5. The highest BCUT2D eigenvalue weighted by Gasteiger charge is 2.20. The lowest BCUT2D eigenvalue weighted by Gasteiger charge is -2.13. The third-order valence-electron chi connectivity index (χ3n) is 1.93. The molecule has 0 aliphatic rings. The summed E-state index contributed by atoms with van der Waals surface area (Å²) in [5.41, 5.74) is 0.580. The minimum atomic E-state index is -0.709. The number of nitro groups is 1. The van der Waals surface area contributed by atoms with Gasteiger partial charge in [0.2, 0.25) is 6.54 Å². The van der Waals surface area contributed by atoms with Crippen LogP contribution in [0.15, 0.2) is 24.3 Å². The molecule has 0 amide bonds. The average molecular weight is 240 g/mol. The Morgan fingerprint density at radius 1 is 1.56 bits per heavy atom. The second-order valence-corrected chi connectivity index (χ2v) is 3.45. The third-order valence-corrected chi connectivity index (χ3v) is 2.28. The van der Waals surface area contributed by atoms with E-state index in [-0.39, 0.29) is 13.2 Å². The molecule has 0 radical (unpaired) electrons. The summed E-state index contributed by atoms with van der Waals surface area (Å²) in [6.07, 6.45) is 4.34. The molecule has 0 N–H and O–H groups in total. The maximum Gasteiger partial charge on any atom is 0.233 e. The smallest absolute Gasteiger partial charge is 0.233 e. The number of terminal acetylenes is 1. The lowest BCUT2D eigenvalue weighted by molar-refractivity contribution is -0.492. The molecule has 0 saturated heterocycles. The van der Waals surface area contributed by atoms with Gasteiger partial charge in [-0.2, -0.15) is 0 Å². The minimum Gasteiger partial charge on any atom is -0.354 e. The molecule has 0 aromatic heterocycles. The van der Waals surface area contributed by atoms with Gasteiger partial charge in [0.05, 0.1) is 0 Å². The van der Waals surface area contributed by atoms with Crippen molar-refractivity contribution in [1.82, 2.24) is 0 Å². The molecule has 0 aliphatic heterocycles. The van der Waals surface area contributed by atoms with E-state index in [4.69, 9.17) is 22.8 Å². The summed E-state index contributed by atoms with van der Waals surface area (Å²) in [6.45, 7) is -0.338. The van der Waals surface area contributed by atoms with Crippen molar-refractivity contribution in [3.8, 4) is 12.3 Å². The van der Waals surface area contributed by atoms with Crippen molar-refractivity contribution in [1.29, 1.82) is 0 Å². The Morgan fingerprint density at radius 3 is 2.81 bits per heavy atom. The van der Waals surface area contributed by atoms with Crippen LogP contribution in [0.2, 0.25) is 5.02 Å². The molecule has 0 bridgehead atoms. The number of hydrogen-bond acceptors (Lipinski definition) is 3. The topological polar surface area (TPSA) is 52.4 Å². The molecule has 0 spiro atoms. The lowest BCUT2D eigenvalue weighted by Crippen LogP contribution is -2.16. The van der Waals surface area contributed by atoms with E-state index in [0.717, 1.165) is 0 Å². The van der Waals surface area contributed by atoms with Crippen molar-refractivity contribution in [2.24, 2.45) is 0 Å². The molecule has 0 heterocycles. The van der Waals surface area contributed by atoms with Gasteiger partial charge >= 0.3 is 0 Å². The largest absolute Gasteiger partial charge is 0.354 e. The molecule has 1 unspecified atom stereocenters. The summed E-state index contributed by atoms with van der Waals surface area (Å²) < 4.78 is 5.21. The normalized spacial score (nSPS) is 11.8. The maximum atomic E-state index is 10.5. The first-order chi connectivity index (χ1) is 7.65. The standard InChI is InChI=1S/C11H10ClNO3/c1-2-7-16-11(8-13(14)15)9-5-3-4-6-10(9)12/h1,3-6,11H,7-8H2. The van der Waals surface area contributed by atoms with E-state index in [1.54, 1.807) is 24.3 Å². The van der Waals surface area contributed by atoms with Crippen molar-refractivity contribution in [3.05, 3.63) is 45.0 Å². The maximum absolute atomic E-state index is 10.5. The summed E-state index contributed by atoms with van der Waals surface area (Å²) in [6, 6.07) is 6.83. The second-order valence-electron chi connectivity index (χ2n) is 3.04. The number of hydrogen-bond donors (Lipinski definition) is 0. The molecular formula is C11H10ClNO3. The predicted molar refractivity (Wildman–Crippen MR) is 60.8 cm³/mol. The Hall–Kier alpha value is -1.57. The Kier molecular flexibility index (Phi) is 4.77. The van der Waals surface area contributed by atoms with Crippen LogP contribution in [-0.2, 0) is 4.74 Å². The van der Waals surface area contributed by atoms with Crippen LogP contribution in [-0.4, -0.2) is 18.1 Å². The van der Waals surface area contributed by atoms with E-state index in [9.17, 15) is 10.1 Å². The van der Waals surface area contributed by atoms with Gasteiger partial charge in [-0.3, -0.25) is 10.1 Å². The molecule has 5 heteroatoms. The van der Waals surface area contributed by atoms with E-state index < -0.39 is 11.0 Å². The van der Waals surface area contributed by atoms with Crippen LogP contribution in [0, 0.1) is 22.5 Å². The van der Waals surface area contributed by atoms with E-state index in [1.807, 2.05) is 0 Å². The molecule has 0 aliphatic carbocycles. The van der Waals surface area contributed by atoms with E-state index in [2.05, 4.69) is 5.92 Å². The number of nitrogens with zero attached hydrogens (tertiary/aromatic N) is 1. The first-order valence-corrected chi connectivity index (χ1v) is 4.94. The lowest BCUT2D eigenvalue weighted by atomic mass is 10.1. The Balaban J connectivity index is 2.87. The van der Waals surface area contributed by atoms with Crippen molar-refractivity contribution in [2.45, 2.75) is 6.10 Å². The van der Waals surface area contributed by atoms with Crippen LogP contribution < -0.4 is 0 Å². The quantitative estimate of drug-likeness (QED) is 0.450. The summed E-state index contributed by atoms with van der Waals surface area (Å²) in [4.78, 5) is 10.0. The molecule has 16 heavy (non-hydrogen) atoms. The number of halogens is 1. The SMILES string of the molecule is C#CCOC(C[N+](=O)[O-])c1ccccc1Cl. The molecule has 4 nitrogen and oxygen atoms in total. The third kappa shape index (κ3) is 3.54. The monoisotopic (exact) mass is 239 g/mol. The van der Waals surface area contributed by atoms with Gasteiger partial charge in [-0.25, -0.2) is 0 Å². The summed E-state index contributed by atoms with van der Waals surface area (Å²) in [5.74, 6) is 2.27. The predicted octanol–water partition coefficient (Wildman–Crippen LogP) is 2.31. The molecule has 1 atom stereocenters. The van der Waals surface area contributed by atoms with Gasteiger partial charge in [0.1, 0.15) is 12.7 Å². The zero-order valence-corrected chi connectivity index (χ0v) is 9.18. The van der Waals surface area contributed by atoms with Crippen LogP contribution in [0.5, 0.6) is 0 Å². The Labute approximate surface area is 98.3 Å². The molecular weight excluding hydrogens is 230 g/mol. The van der Waals surface area contributed by atoms with Crippen molar-refractivity contribution < 1.29 is 9.66 Å². The van der Waals surface area contributed by atoms with Gasteiger partial charge in [0, 0.05) is 15.5 Å². The van der Waals surface area contributed by atoms with Gasteiger partial charge in [-0.1, -0.05) is 35.7 Å². The molecule has 1 aromatic carbocycles. The van der Waals surface area contributed by atoms with Crippen LogP contribution >= 0.6 is 11.6 Å². The molecule has 1 aromatic rings. The van der Waals surface area contributed by atoms with Gasteiger partial charge in [0.15, 0.2) is 0 Å². The second kappa shape index (κ2) is 6.11. The van der Waals surface area contributed by atoms with Crippen LogP contribution in [0.25, 0.3) is 0 Å². The van der Waals surface area contributed by atoms with Crippen molar-refractivity contribution >= 4 is 11.6 Å². The van der Waals surface area contributed by atoms with Gasteiger partial charge < -0.3 is 4.74 Å². The van der Waals surface area contributed by atoms with Crippen LogP contribution in [0.4, 0.5) is 0 Å². The first-order valence-electron chi connectivity index (χ1n) is 4.56. The highest BCUT2D eigenvalue weighted by Crippen LogP contribution is 2.25. The fourth-order valence-electron chi connectivity index (χ4n) is 1.26. The van der Waals surface area contributed by atoms with E-state index in [0.29, 0.717) is 10.6 Å². The Bertz CT molecular complexity index is 414. The highest BCUT2D eigenvalue weighted by atomic mass is 35.5. The zero-order chi connectivity index (χ0) is 12.0. The summed E-state index contributed by atoms with van der Waals surface area (Å²) in [5, 5.41) is 10.9.